The number of benzene rings is 2. The van der Waals surface area contributed by atoms with E-state index < -0.39 is 0 Å². The smallest absolute Gasteiger partial charge is 0.123 e. The Kier molecular flexibility index (Phi) is 4.29. The molecule has 0 amide bonds. The third-order valence-corrected chi connectivity index (χ3v) is 3.97. The quantitative estimate of drug-likeness (QED) is 0.795. The molecule has 1 aliphatic rings. The predicted molar refractivity (Wildman–Crippen MR) is 90.6 cm³/mol. The van der Waals surface area contributed by atoms with Crippen molar-refractivity contribution in [1.29, 1.82) is 0 Å². The zero-order valence-electron chi connectivity index (χ0n) is 13.0. The van der Waals surface area contributed by atoms with Crippen molar-refractivity contribution >= 4 is 11.1 Å². The summed E-state index contributed by atoms with van der Waals surface area (Å²) in [4.78, 5) is 0. The maximum Gasteiger partial charge on any atom is 0.123 e. The van der Waals surface area contributed by atoms with Gasteiger partial charge in [-0.3, -0.25) is 0 Å². The largest absolute Gasteiger partial charge is 0.497 e. The van der Waals surface area contributed by atoms with Crippen molar-refractivity contribution in [2.24, 2.45) is 0 Å². The van der Waals surface area contributed by atoms with Gasteiger partial charge in [0, 0.05) is 5.57 Å². The van der Waals surface area contributed by atoms with Crippen LogP contribution in [0.3, 0.4) is 0 Å². The van der Waals surface area contributed by atoms with Gasteiger partial charge in [-0.15, -0.1) is 0 Å². The first-order valence-electron chi connectivity index (χ1n) is 7.51. The molecule has 112 valence electrons. The van der Waals surface area contributed by atoms with Crippen molar-refractivity contribution in [2.75, 3.05) is 14.2 Å². The van der Waals surface area contributed by atoms with Crippen LogP contribution in [0.4, 0.5) is 0 Å². The molecule has 22 heavy (non-hydrogen) atoms. The van der Waals surface area contributed by atoms with Crippen molar-refractivity contribution in [1.82, 2.24) is 0 Å². The Morgan fingerprint density at radius 1 is 0.818 bits per heavy atom. The van der Waals surface area contributed by atoms with Gasteiger partial charge in [0.05, 0.1) is 14.2 Å². The average Bonchev–Trinajstić information content (AvgIpc) is 2.61. The minimum atomic E-state index is 0.880. The molecule has 3 rings (SSSR count). The molecule has 0 aromatic heterocycles. The molecule has 2 aromatic rings. The molecule has 0 atom stereocenters. The standard InChI is InChI=1S/C20H20O2/c1-21-17-11-6-10-16(14-17)18-12-7-13-19(22-2)20(18)15-8-4-3-5-9-15/h3-6,8-11,13-14H,7,12H2,1-2H3. The average molecular weight is 292 g/mol. The molecule has 0 unspecified atom stereocenters. The van der Waals surface area contributed by atoms with Crippen LogP contribution in [-0.4, -0.2) is 14.2 Å². The monoisotopic (exact) mass is 292 g/mol. The van der Waals surface area contributed by atoms with E-state index in [9.17, 15) is 0 Å². The van der Waals surface area contributed by atoms with Gasteiger partial charge >= 0.3 is 0 Å². The van der Waals surface area contributed by atoms with Gasteiger partial charge in [-0.25, -0.2) is 0 Å². The van der Waals surface area contributed by atoms with E-state index in [0.29, 0.717) is 0 Å². The summed E-state index contributed by atoms with van der Waals surface area (Å²) in [5.74, 6) is 1.83. The van der Waals surface area contributed by atoms with Crippen LogP contribution < -0.4 is 4.74 Å². The van der Waals surface area contributed by atoms with Gasteiger partial charge < -0.3 is 9.47 Å². The molecule has 0 bridgehead atoms. The van der Waals surface area contributed by atoms with Crippen LogP contribution in [0.15, 0.2) is 66.4 Å². The molecular formula is C20H20O2. The summed E-state index contributed by atoms with van der Waals surface area (Å²) in [5.41, 5.74) is 4.88. The molecule has 2 aromatic carbocycles. The summed E-state index contributed by atoms with van der Waals surface area (Å²) >= 11 is 0. The highest BCUT2D eigenvalue weighted by Crippen LogP contribution is 2.39. The third-order valence-electron chi connectivity index (χ3n) is 3.97. The number of hydrogen-bond acceptors (Lipinski definition) is 2. The highest BCUT2D eigenvalue weighted by molar-refractivity contribution is 5.98. The Balaban J connectivity index is 2.18. The van der Waals surface area contributed by atoms with Gasteiger partial charge in [-0.2, -0.15) is 0 Å². The van der Waals surface area contributed by atoms with Crippen LogP contribution in [0.5, 0.6) is 5.75 Å². The molecule has 0 radical (unpaired) electrons. The van der Waals surface area contributed by atoms with Gasteiger partial charge in [0.2, 0.25) is 0 Å². The number of ether oxygens (including phenoxy) is 2. The second-order valence-corrected chi connectivity index (χ2v) is 5.26. The van der Waals surface area contributed by atoms with Crippen molar-refractivity contribution in [3.63, 3.8) is 0 Å². The van der Waals surface area contributed by atoms with Gasteiger partial charge in [-0.1, -0.05) is 42.5 Å². The maximum absolute atomic E-state index is 5.64. The van der Waals surface area contributed by atoms with Gasteiger partial charge in [-0.05, 0) is 47.8 Å². The van der Waals surface area contributed by atoms with E-state index in [-0.39, 0.29) is 0 Å². The summed E-state index contributed by atoms with van der Waals surface area (Å²) < 4.78 is 11.0. The Bertz CT molecular complexity index is 711. The van der Waals surface area contributed by atoms with E-state index in [1.807, 2.05) is 18.2 Å². The lowest BCUT2D eigenvalue weighted by Crippen LogP contribution is -2.03. The first kappa shape index (κ1) is 14.5. The predicted octanol–water partition coefficient (Wildman–Crippen LogP) is 4.93. The zero-order chi connectivity index (χ0) is 15.4. The molecule has 2 nitrogen and oxygen atoms in total. The molecular weight excluding hydrogens is 272 g/mol. The zero-order valence-corrected chi connectivity index (χ0v) is 13.0. The Morgan fingerprint density at radius 2 is 1.59 bits per heavy atom. The van der Waals surface area contributed by atoms with E-state index in [1.54, 1.807) is 14.2 Å². The minimum Gasteiger partial charge on any atom is -0.497 e. The second kappa shape index (κ2) is 6.52. The molecule has 0 saturated heterocycles. The number of methoxy groups -OCH3 is 2. The lowest BCUT2D eigenvalue weighted by molar-refractivity contribution is 0.308. The van der Waals surface area contributed by atoms with Gasteiger partial charge in [0.25, 0.3) is 0 Å². The summed E-state index contributed by atoms with van der Waals surface area (Å²) in [6.45, 7) is 0. The molecule has 0 N–H and O–H groups in total. The third kappa shape index (κ3) is 2.77. The van der Waals surface area contributed by atoms with Crippen molar-refractivity contribution in [3.8, 4) is 5.75 Å². The first-order chi connectivity index (χ1) is 10.8. The van der Waals surface area contributed by atoms with Crippen LogP contribution in [0.2, 0.25) is 0 Å². The first-order valence-corrected chi connectivity index (χ1v) is 7.51. The van der Waals surface area contributed by atoms with Crippen LogP contribution in [0.25, 0.3) is 11.1 Å². The fraction of sp³-hybridized carbons (Fsp3) is 0.200. The van der Waals surface area contributed by atoms with E-state index >= 15 is 0 Å². The summed E-state index contributed by atoms with van der Waals surface area (Å²) in [5, 5.41) is 0. The minimum absolute atomic E-state index is 0.880. The SMILES string of the molecule is COC1=CCCC(c2cccc(OC)c2)=C1c1ccccc1. The van der Waals surface area contributed by atoms with Crippen LogP contribution >= 0.6 is 0 Å². The van der Waals surface area contributed by atoms with Gasteiger partial charge in [0.15, 0.2) is 0 Å². The van der Waals surface area contributed by atoms with Crippen molar-refractivity contribution < 1.29 is 9.47 Å². The summed E-state index contributed by atoms with van der Waals surface area (Å²) in [6, 6.07) is 18.7. The Morgan fingerprint density at radius 3 is 2.32 bits per heavy atom. The lowest BCUT2D eigenvalue weighted by atomic mass is 9.86. The lowest BCUT2D eigenvalue weighted by Gasteiger charge is -2.22. The molecule has 0 aliphatic heterocycles. The van der Waals surface area contributed by atoms with Crippen molar-refractivity contribution in [3.05, 3.63) is 77.6 Å². The van der Waals surface area contributed by atoms with E-state index in [4.69, 9.17) is 9.47 Å². The highest BCUT2D eigenvalue weighted by Gasteiger charge is 2.19. The molecule has 2 heteroatoms. The number of allylic oxidation sites excluding steroid dienone is 3. The molecule has 0 heterocycles. The van der Waals surface area contributed by atoms with Crippen LogP contribution in [0.1, 0.15) is 24.0 Å². The maximum atomic E-state index is 5.64. The van der Waals surface area contributed by atoms with Crippen LogP contribution in [-0.2, 0) is 4.74 Å². The highest BCUT2D eigenvalue weighted by atomic mass is 16.5. The van der Waals surface area contributed by atoms with E-state index in [1.165, 1.54) is 22.3 Å². The molecule has 1 aliphatic carbocycles. The Labute approximate surface area is 131 Å². The van der Waals surface area contributed by atoms with E-state index in [0.717, 1.165) is 24.4 Å². The summed E-state index contributed by atoms with van der Waals surface area (Å²) in [7, 11) is 3.44. The van der Waals surface area contributed by atoms with Crippen LogP contribution in [0, 0.1) is 0 Å². The van der Waals surface area contributed by atoms with Crippen molar-refractivity contribution in [2.45, 2.75) is 12.8 Å². The fourth-order valence-electron chi connectivity index (χ4n) is 2.93. The molecule has 0 saturated carbocycles. The topological polar surface area (TPSA) is 18.5 Å². The Hall–Kier alpha value is -2.48. The van der Waals surface area contributed by atoms with Gasteiger partial charge in [0.1, 0.15) is 11.5 Å². The van der Waals surface area contributed by atoms with E-state index in [2.05, 4.69) is 42.5 Å². The number of rotatable bonds is 4. The molecule has 0 fully saturated rings. The number of hydrogen-bond donors (Lipinski definition) is 0. The fourth-order valence-corrected chi connectivity index (χ4v) is 2.93. The molecule has 0 spiro atoms. The second-order valence-electron chi connectivity index (χ2n) is 5.26. The normalized spacial score (nSPS) is 14.5. The summed E-state index contributed by atoms with van der Waals surface area (Å²) in [6.07, 6.45) is 4.17.